The summed E-state index contributed by atoms with van der Waals surface area (Å²) in [6.45, 7) is 1.89. The number of rotatable bonds is 5. The molecule has 0 aliphatic heterocycles. The number of hydrogen-bond donors (Lipinski definition) is 2. The van der Waals surface area contributed by atoms with Crippen molar-refractivity contribution in [2.45, 2.75) is 18.9 Å². The van der Waals surface area contributed by atoms with Gasteiger partial charge in [-0.3, -0.25) is 9.78 Å². The van der Waals surface area contributed by atoms with Gasteiger partial charge in [0.25, 0.3) is 0 Å². The van der Waals surface area contributed by atoms with Crippen LogP contribution in [-0.2, 0) is 16.8 Å². The molecule has 0 spiro atoms. The van der Waals surface area contributed by atoms with E-state index in [-0.39, 0.29) is 18.9 Å². The minimum atomic E-state index is -1.05. The monoisotopic (exact) mass is 326 g/mol. The number of nitrogens with one attached hydrogen (secondary N) is 1. The summed E-state index contributed by atoms with van der Waals surface area (Å²) in [5.41, 5.74) is 0.674. The normalized spacial score (nSPS) is 13.7. The molecule has 3 aromatic rings. The van der Waals surface area contributed by atoms with Crippen LogP contribution in [0.3, 0.4) is 0 Å². The number of amides is 1. The van der Waals surface area contributed by atoms with E-state index in [1.54, 1.807) is 13.1 Å². The van der Waals surface area contributed by atoms with E-state index in [4.69, 9.17) is 0 Å². The van der Waals surface area contributed by atoms with Gasteiger partial charge in [-0.25, -0.2) is 0 Å². The second kappa shape index (κ2) is 6.48. The largest absolute Gasteiger partial charge is 0.383 e. The van der Waals surface area contributed by atoms with E-state index >= 15 is 0 Å². The molecule has 4 nitrogen and oxygen atoms in total. The summed E-state index contributed by atoms with van der Waals surface area (Å²) in [5, 5.41) is 16.2. The Labute approximate surface area is 138 Å². The van der Waals surface area contributed by atoms with Gasteiger partial charge in [0.05, 0.1) is 18.5 Å². The van der Waals surface area contributed by atoms with Crippen LogP contribution in [0.2, 0.25) is 0 Å². The van der Waals surface area contributed by atoms with Gasteiger partial charge in [0.1, 0.15) is 5.60 Å². The number of para-hydroxylation sites is 1. The van der Waals surface area contributed by atoms with Crippen molar-refractivity contribution in [3.8, 4) is 0 Å². The van der Waals surface area contributed by atoms with Gasteiger partial charge in [0.2, 0.25) is 5.91 Å². The highest BCUT2D eigenvalue weighted by molar-refractivity contribution is 7.10. The van der Waals surface area contributed by atoms with Crippen molar-refractivity contribution in [2.24, 2.45) is 0 Å². The summed E-state index contributed by atoms with van der Waals surface area (Å²) in [7, 11) is 0. The minimum Gasteiger partial charge on any atom is -0.383 e. The highest BCUT2D eigenvalue weighted by Crippen LogP contribution is 2.24. The average Bonchev–Trinajstić information content (AvgIpc) is 3.09. The molecule has 2 heterocycles. The number of hydrogen-bond acceptors (Lipinski definition) is 4. The van der Waals surface area contributed by atoms with Crippen LogP contribution in [0.1, 0.15) is 17.4 Å². The molecule has 1 aromatic carbocycles. The first-order valence-electron chi connectivity index (χ1n) is 7.42. The van der Waals surface area contributed by atoms with Crippen molar-refractivity contribution < 1.29 is 9.90 Å². The Morgan fingerprint density at radius 2 is 2.09 bits per heavy atom. The van der Waals surface area contributed by atoms with Gasteiger partial charge < -0.3 is 10.4 Å². The summed E-state index contributed by atoms with van der Waals surface area (Å²) >= 11 is 1.48. The van der Waals surface area contributed by atoms with E-state index in [1.807, 2.05) is 47.8 Å². The highest BCUT2D eigenvalue weighted by atomic mass is 32.1. The molecule has 0 fully saturated rings. The molecular formula is C18H18N2O2S. The first-order chi connectivity index (χ1) is 11.1. The van der Waals surface area contributed by atoms with Gasteiger partial charge in [-0.05, 0) is 30.0 Å². The zero-order valence-corrected chi connectivity index (χ0v) is 13.6. The predicted octanol–water partition coefficient (Wildman–Crippen LogP) is 2.86. The lowest BCUT2D eigenvalue weighted by atomic mass is 10.0. The topological polar surface area (TPSA) is 62.2 Å². The van der Waals surface area contributed by atoms with Crippen molar-refractivity contribution >= 4 is 28.1 Å². The third-order valence-electron chi connectivity index (χ3n) is 3.75. The van der Waals surface area contributed by atoms with Crippen molar-refractivity contribution in [1.82, 2.24) is 10.3 Å². The SMILES string of the molecule is C[C@@](O)(CNC(=O)Cc1cccc2cccnc12)c1cccs1. The summed E-state index contributed by atoms with van der Waals surface area (Å²) in [5.74, 6) is -0.125. The number of aromatic nitrogens is 1. The second-order valence-electron chi connectivity index (χ2n) is 5.70. The summed E-state index contributed by atoms with van der Waals surface area (Å²) < 4.78 is 0. The number of carbonyl (C=O) groups excluding carboxylic acids is 1. The molecule has 118 valence electrons. The first-order valence-corrected chi connectivity index (χ1v) is 8.30. The lowest BCUT2D eigenvalue weighted by Gasteiger charge is -2.22. The van der Waals surface area contributed by atoms with E-state index in [0.717, 1.165) is 21.3 Å². The molecule has 3 rings (SSSR count). The van der Waals surface area contributed by atoms with Crippen LogP contribution in [0.5, 0.6) is 0 Å². The van der Waals surface area contributed by atoms with Crippen LogP contribution in [0.4, 0.5) is 0 Å². The number of aliphatic hydroxyl groups is 1. The van der Waals surface area contributed by atoms with E-state index in [1.165, 1.54) is 11.3 Å². The molecule has 0 bridgehead atoms. The quantitative estimate of drug-likeness (QED) is 0.758. The zero-order chi connectivity index (χ0) is 16.3. The van der Waals surface area contributed by atoms with Crippen molar-refractivity contribution in [2.75, 3.05) is 6.54 Å². The van der Waals surface area contributed by atoms with E-state index in [9.17, 15) is 9.90 Å². The van der Waals surface area contributed by atoms with E-state index < -0.39 is 5.60 Å². The smallest absolute Gasteiger partial charge is 0.224 e. The van der Waals surface area contributed by atoms with Crippen LogP contribution in [-0.4, -0.2) is 22.5 Å². The molecule has 0 saturated carbocycles. The third-order valence-corrected chi connectivity index (χ3v) is 4.87. The molecule has 5 heteroatoms. The molecule has 2 aromatic heterocycles. The zero-order valence-electron chi connectivity index (χ0n) is 12.8. The van der Waals surface area contributed by atoms with Gasteiger partial charge in [0.15, 0.2) is 0 Å². The van der Waals surface area contributed by atoms with E-state index in [0.29, 0.717) is 0 Å². The number of thiophene rings is 1. The molecule has 23 heavy (non-hydrogen) atoms. The number of fused-ring (bicyclic) bond motifs is 1. The van der Waals surface area contributed by atoms with Crippen LogP contribution in [0, 0.1) is 0 Å². The molecule has 0 aliphatic rings. The Morgan fingerprint density at radius 3 is 2.87 bits per heavy atom. The van der Waals surface area contributed by atoms with Gasteiger partial charge in [-0.2, -0.15) is 0 Å². The van der Waals surface area contributed by atoms with Gasteiger partial charge in [0, 0.05) is 16.5 Å². The Balaban J connectivity index is 1.67. The first kappa shape index (κ1) is 15.6. The number of pyridine rings is 1. The molecule has 1 atom stereocenters. The lowest BCUT2D eigenvalue weighted by molar-refractivity contribution is -0.121. The van der Waals surface area contributed by atoms with Crippen LogP contribution in [0.25, 0.3) is 10.9 Å². The van der Waals surface area contributed by atoms with Crippen LogP contribution >= 0.6 is 11.3 Å². The molecular weight excluding hydrogens is 308 g/mol. The fourth-order valence-electron chi connectivity index (χ4n) is 2.49. The maximum Gasteiger partial charge on any atom is 0.224 e. The standard InChI is InChI=1S/C18H18N2O2S/c1-18(22,15-8-4-10-23-15)12-20-16(21)11-14-6-2-5-13-7-3-9-19-17(13)14/h2-10,22H,11-12H2,1H3,(H,20,21)/t18-/m1/s1. The van der Waals surface area contributed by atoms with E-state index in [2.05, 4.69) is 10.3 Å². The highest BCUT2D eigenvalue weighted by Gasteiger charge is 2.24. The maximum atomic E-state index is 12.2. The minimum absolute atomic E-state index is 0.125. The number of carbonyl (C=O) groups is 1. The second-order valence-corrected chi connectivity index (χ2v) is 6.64. The Morgan fingerprint density at radius 1 is 1.26 bits per heavy atom. The van der Waals surface area contributed by atoms with Crippen LogP contribution < -0.4 is 5.32 Å². The van der Waals surface area contributed by atoms with Crippen molar-refractivity contribution in [1.29, 1.82) is 0 Å². The fraction of sp³-hybridized carbons (Fsp3) is 0.222. The average molecular weight is 326 g/mol. The summed E-state index contributed by atoms with van der Waals surface area (Å²) in [6.07, 6.45) is 1.97. The molecule has 0 saturated heterocycles. The van der Waals surface area contributed by atoms with Crippen LogP contribution in [0.15, 0.2) is 54.0 Å². The lowest BCUT2D eigenvalue weighted by Crippen LogP contribution is -2.38. The maximum absolute atomic E-state index is 12.2. The molecule has 2 N–H and O–H groups in total. The fourth-order valence-corrected chi connectivity index (χ4v) is 3.28. The molecule has 0 radical (unpaired) electrons. The Kier molecular flexibility index (Phi) is 4.41. The Bertz CT molecular complexity index is 808. The molecule has 0 unspecified atom stereocenters. The van der Waals surface area contributed by atoms with Crippen molar-refractivity contribution in [3.05, 3.63) is 64.5 Å². The predicted molar refractivity (Wildman–Crippen MR) is 92.3 cm³/mol. The summed E-state index contributed by atoms with van der Waals surface area (Å²) in [4.78, 5) is 17.4. The number of benzene rings is 1. The number of nitrogens with zero attached hydrogens (tertiary/aromatic N) is 1. The van der Waals surface area contributed by atoms with Gasteiger partial charge in [-0.15, -0.1) is 11.3 Å². The molecule has 1 amide bonds. The van der Waals surface area contributed by atoms with Gasteiger partial charge in [-0.1, -0.05) is 30.3 Å². The van der Waals surface area contributed by atoms with Crippen molar-refractivity contribution in [3.63, 3.8) is 0 Å². The molecule has 0 aliphatic carbocycles. The Hall–Kier alpha value is -2.24. The summed E-state index contributed by atoms with van der Waals surface area (Å²) in [6, 6.07) is 13.4. The third kappa shape index (κ3) is 3.57. The van der Waals surface area contributed by atoms with Gasteiger partial charge >= 0.3 is 0 Å².